The van der Waals surface area contributed by atoms with E-state index in [1.807, 2.05) is 91.8 Å². The molecule has 0 saturated carbocycles. The van der Waals surface area contributed by atoms with Gasteiger partial charge in [0.05, 0.1) is 24.0 Å². The first kappa shape index (κ1) is 35.7. The maximum absolute atomic E-state index is 12.7. The smallest absolute Gasteiger partial charge is 0.312 e. The highest BCUT2D eigenvalue weighted by molar-refractivity contribution is 5.76. The van der Waals surface area contributed by atoms with Crippen LogP contribution < -0.4 is 9.47 Å². The Hall–Kier alpha value is -3.10. The lowest BCUT2D eigenvalue weighted by Crippen LogP contribution is -2.28. The summed E-state index contributed by atoms with van der Waals surface area (Å²) in [5, 5.41) is 0. The Bertz CT molecular complexity index is 1230. The van der Waals surface area contributed by atoms with Gasteiger partial charge in [-0.3, -0.25) is 9.59 Å². The molecule has 0 spiro atoms. The fraction of sp³-hybridized carbons (Fsp3) is 0.632. The van der Waals surface area contributed by atoms with Crippen LogP contribution in [0.3, 0.4) is 0 Å². The van der Waals surface area contributed by atoms with Crippen molar-refractivity contribution in [2.24, 2.45) is 10.8 Å². The van der Waals surface area contributed by atoms with Crippen LogP contribution in [0.4, 0.5) is 0 Å². The molecule has 8 nitrogen and oxygen atoms in total. The van der Waals surface area contributed by atoms with Crippen molar-refractivity contribution in [3.63, 3.8) is 0 Å². The average Bonchev–Trinajstić information content (AvgIpc) is 3.03. The average molecular weight is 639 g/mol. The van der Waals surface area contributed by atoms with Gasteiger partial charge >= 0.3 is 11.9 Å². The monoisotopic (exact) mass is 638 g/mol. The minimum absolute atomic E-state index is 0.149. The molecule has 2 aliphatic carbocycles. The maximum Gasteiger partial charge on any atom is 0.312 e. The third kappa shape index (κ3) is 9.25. The van der Waals surface area contributed by atoms with Crippen molar-refractivity contribution < 1.29 is 38.0 Å². The van der Waals surface area contributed by atoms with E-state index in [9.17, 15) is 9.59 Å². The van der Waals surface area contributed by atoms with Crippen LogP contribution in [-0.4, -0.2) is 37.7 Å². The molecule has 0 saturated heterocycles. The maximum atomic E-state index is 12.7. The molecule has 0 heterocycles. The van der Waals surface area contributed by atoms with Crippen LogP contribution in [0.25, 0.3) is 0 Å². The van der Waals surface area contributed by atoms with Gasteiger partial charge in [0.25, 0.3) is 0 Å². The highest BCUT2D eigenvalue weighted by atomic mass is 16.7. The molecule has 0 aliphatic heterocycles. The van der Waals surface area contributed by atoms with E-state index < -0.39 is 23.4 Å². The number of carbonyl (C=O) groups excluding carboxylic acids is 2. The largest absolute Gasteiger partial charge is 0.465 e. The number of rotatable bonds is 15. The van der Waals surface area contributed by atoms with Crippen molar-refractivity contribution in [3.8, 4) is 11.5 Å². The normalized spacial score (nSPS) is 19.3. The number of carbonyl (C=O) groups is 2. The molecule has 4 rings (SSSR count). The first-order chi connectivity index (χ1) is 21.8. The van der Waals surface area contributed by atoms with E-state index in [1.54, 1.807) is 0 Å². The van der Waals surface area contributed by atoms with Gasteiger partial charge in [-0.2, -0.15) is 0 Å². The number of esters is 2. The summed E-state index contributed by atoms with van der Waals surface area (Å²) in [6.45, 7) is 16.1. The van der Waals surface area contributed by atoms with E-state index >= 15 is 0 Å². The van der Waals surface area contributed by atoms with E-state index in [2.05, 4.69) is 0 Å². The molecule has 0 radical (unpaired) electrons. The Morgan fingerprint density at radius 1 is 0.696 bits per heavy atom. The van der Waals surface area contributed by atoms with Gasteiger partial charge in [-0.1, -0.05) is 26.0 Å². The van der Waals surface area contributed by atoms with Crippen LogP contribution in [0, 0.1) is 10.8 Å². The molecule has 2 aromatic carbocycles. The number of fused-ring (bicyclic) bond motifs is 2. The molecule has 4 atom stereocenters. The van der Waals surface area contributed by atoms with Gasteiger partial charge in [-0.15, -0.1) is 0 Å². The topological polar surface area (TPSA) is 89.5 Å². The molecule has 2 aliphatic rings. The number of hydrogen-bond acceptors (Lipinski definition) is 8. The van der Waals surface area contributed by atoms with E-state index in [0.29, 0.717) is 13.2 Å². The van der Waals surface area contributed by atoms with Crippen molar-refractivity contribution in [1.82, 2.24) is 0 Å². The van der Waals surface area contributed by atoms with Crippen LogP contribution in [0.15, 0.2) is 36.4 Å². The quantitative estimate of drug-likeness (QED) is 0.109. The second-order valence-electron chi connectivity index (χ2n) is 13.9. The second-order valence-corrected chi connectivity index (χ2v) is 13.9. The standard InChI is InChI=1S/C38H54O8/c1-9-37(5,6)35(39)45-33-15-11-13-27-23-29(17-19-31(27)33)43-25(3)41-21-22-42-26(4)44-30-18-20-32-28(24-30)14-12-16-34(32)46-36(40)38(7,8)10-2/h17-20,23-26,33-34H,9-16,21-22H2,1-8H3. The predicted molar refractivity (Wildman–Crippen MR) is 177 cm³/mol. The summed E-state index contributed by atoms with van der Waals surface area (Å²) in [7, 11) is 0. The van der Waals surface area contributed by atoms with Crippen LogP contribution in [0.2, 0.25) is 0 Å². The summed E-state index contributed by atoms with van der Waals surface area (Å²) < 4.78 is 35.6. The Balaban J connectivity index is 1.21. The van der Waals surface area contributed by atoms with Crippen molar-refractivity contribution in [2.75, 3.05) is 13.2 Å². The van der Waals surface area contributed by atoms with Crippen molar-refractivity contribution in [3.05, 3.63) is 58.7 Å². The van der Waals surface area contributed by atoms with Gasteiger partial charge in [0.15, 0.2) is 12.6 Å². The first-order valence-corrected chi connectivity index (χ1v) is 17.1. The molecule has 46 heavy (non-hydrogen) atoms. The fourth-order valence-corrected chi connectivity index (χ4v) is 5.63. The van der Waals surface area contributed by atoms with Gasteiger partial charge in [0.2, 0.25) is 0 Å². The SMILES string of the molecule is CCC(C)(C)C(=O)OC1CCCc2cc(OC(C)OCCOC(C)Oc3ccc4c(c3)CCCC4OC(=O)C(C)(C)CC)ccc21. The van der Waals surface area contributed by atoms with E-state index in [4.69, 9.17) is 28.4 Å². The number of aryl methyl sites for hydroxylation is 2. The number of benzene rings is 2. The molecular formula is C38H54O8. The lowest BCUT2D eigenvalue weighted by atomic mass is 9.87. The first-order valence-electron chi connectivity index (χ1n) is 17.1. The number of hydrogen-bond donors (Lipinski definition) is 0. The summed E-state index contributed by atoms with van der Waals surface area (Å²) in [4.78, 5) is 25.4. The van der Waals surface area contributed by atoms with Gasteiger partial charge in [0, 0.05) is 0 Å². The molecule has 0 amide bonds. The second kappa shape index (κ2) is 15.7. The lowest BCUT2D eigenvalue weighted by molar-refractivity contribution is -0.161. The molecule has 2 aromatic rings. The van der Waals surface area contributed by atoms with Crippen molar-refractivity contribution in [2.45, 2.75) is 132 Å². The third-order valence-corrected chi connectivity index (χ3v) is 9.51. The van der Waals surface area contributed by atoms with Crippen LogP contribution >= 0.6 is 0 Å². The third-order valence-electron chi connectivity index (χ3n) is 9.51. The molecule has 254 valence electrons. The Labute approximate surface area is 275 Å². The van der Waals surface area contributed by atoms with Gasteiger partial charge in [-0.25, -0.2) is 0 Å². The fourth-order valence-electron chi connectivity index (χ4n) is 5.63. The Morgan fingerprint density at radius 2 is 1.09 bits per heavy atom. The van der Waals surface area contributed by atoms with Crippen LogP contribution in [-0.2, 0) is 41.4 Å². The van der Waals surface area contributed by atoms with Gasteiger partial charge in [0.1, 0.15) is 23.7 Å². The Morgan fingerprint density at radius 3 is 1.46 bits per heavy atom. The molecule has 8 heteroatoms. The van der Waals surface area contributed by atoms with Gasteiger partial charge < -0.3 is 28.4 Å². The molecule has 4 unspecified atom stereocenters. The van der Waals surface area contributed by atoms with Crippen LogP contribution in [0.1, 0.15) is 128 Å². The lowest BCUT2D eigenvalue weighted by Gasteiger charge is -2.30. The Kier molecular flexibility index (Phi) is 12.2. The van der Waals surface area contributed by atoms with E-state index in [0.717, 1.165) is 85.1 Å². The van der Waals surface area contributed by atoms with Crippen molar-refractivity contribution >= 4 is 11.9 Å². The predicted octanol–water partition coefficient (Wildman–Crippen LogP) is 8.58. The zero-order valence-electron chi connectivity index (χ0n) is 29.1. The van der Waals surface area contributed by atoms with E-state index in [1.165, 1.54) is 0 Å². The number of ether oxygens (including phenoxy) is 6. The minimum atomic E-state index is -0.489. The van der Waals surface area contributed by atoms with Crippen LogP contribution in [0.5, 0.6) is 11.5 Å². The summed E-state index contributed by atoms with van der Waals surface area (Å²) in [6.07, 6.45) is 5.55. The molecular weight excluding hydrogens is 584 g/mol. The summed E-state index contributed by atoms with van der Waals surface area (Å²) >= 11 is 0. The zero-order valence-corrected chi connectivity index (χ0v) is 29.1. The highest BCUT2D eigenvalue weighted by Crippen LogP contribution is 2.38. The van der Waals surface area contributed by atoms with E-state index in [-0.39, 0.29) is 24.1 Å². The summed E-state index contributed by atoms with van der Waals surface area (Å²) in [5.74, 6) is 1.15. The summed E-state index contributed by atoms with van der Waals surface area (Å²) in [5.41, 5.74) is 3.45. The molecule has 0 bridgehead atoms. The molecule has 0 aromatic heterocycles. The molecule has 0 N–H and O–H groups in total. The van der Waals surface area contributed by atoms with Gasteiger partial charge in [-0.05, 0) is 139 Å². The minimum Gasteiger partial charge on any atom is -0.465 e. The van der Waals surface area contributed by atoms with Crippen molar-refractivity contribution in [1.29, 1.82) is 0 Å². The highest BCUT2D eigenvalue weighted by Gasteiger charge is 2.33. The zero-order chi connectivity index (χ0) is 33.5. The summed E-state index contributed by atoms with van der Waals surface area (Å²) in [6, 6.07) is 11.9. The molecule has 0 fully saturated rings.